The Bertz CT molecular complexity index is 247. The number of aliphatic hydroxyl groups is 1. The zero-order valence-electron chi connectivity index (χ0n) is 7.33. The van der Waals surface area contributed by atoms with Crippen molar-refractivity contribution in [3.8, 4) is 0 Å². The molecule has 1 aromatic rings. The lowest BCUT2D eigenvalue weighted by Crippen LogP contribution is -2.12. The molecule has 0 aromatic heterocycles. The molecule has 0 spiro atoms. The molecule has 2 heteroatoms. The van der Waals surface area contributed by atoms with Crippen LogP contribution in [0.25, 0.3) is 0 Å². The topological polar surface area (TPSA) is 46.2 Å². The van der Waals surface area contributed by atoms with Gasteiger partial charge in [-0.05, 0) is 24.5 Å². The van der Waals surface area contributed by atoms with Crippen molar-refractivity contribution in [2.24, 2.45) is 5.73 Å². The Kier molecular flexibility index (Phi) is 3.26. The molecule has 1 aromatic carbocycles. The van der Waals surface area contributed by atoms with Crippen LogP contribution in [0.1, 0.15) is 23.6 Å². The molecular formula is C10H15NO. The summed E-state index contributed by atoms with van der Waals surface area (Å²) in [5.41, 5.74) is 8.17. The van der Waals surface area contributed by atoms with Crippen LogP contribution < -0.4 is 5.73 Å². The maximum Gasteiger partial charge on any atom is 0.0449 e. The predicted molar refractivity (Wildman–Crippen MR) is 49.8 cm³/mol. The molecular weight excluding hydrogens is 150 g/mol. The minimum absolute atomic E-state index is 0.0313. The van der Waals surface area contributed by atoms with Crippen LogP contribution in [-0.4, -0.2) is 11.7 Å². The van der Waals surface area contributed by atoms with Gasteiger partial charge in [0.1, 0.15) is 0 Å². The number of hydrogen-bond donors (Lipinski definition) is 2. The molecule has 1 atom stereocenters. The summed E-state index contributed by atoms with van der Waals surface area (Å²) in [7, 11) is 0. The summed E-state index contributed by atoms with van der Waals surface area (Å²) in [6.45, 7) is 2.18. The Labute approximate surface area is 73.0 Å². The van der Waals surface area contributed by atoms with Crippen molar-refractivity contribution in [1.82, 2.24) is 0 Å². The van der Waals surface area contributed by atoms with E-state index in [-0.39, 0.29) is 12.6 Å². The second-order valence-corrected chi connectivity index (χ2v) is 2.98. The van der Waals surface area contributed by atoms with E-state index in [4.69, 9.17) is 10.8 Å². The Morgan fingerprint density at radius 3 is 2.67 bits per heavy atom. The van der Waals surface area contributed by atoms with Gasteiger partial charge in [0.05, 0.1) is 0 Å². The maximum atomic E-state index is 8.71. The predicted octanol–water partition coefficient (Wildman–Crippen LogP) is 1.38. The minimum Gasteiger partial charge on any atom is -0.396 e. The molecule has 0 saturated carbocycles. The summed E-state index contributed by atoms with van der Waals surface area (Å²) >= 11 is 0. The smallest absolute Gasteiger partial charge is 0.0449 e. The van der Waals surface area contributed by atoms with Crippen molar-refractivity contribution >= 4 is 0 Å². The van der Waals surface area contributed by atoms with Gasteiger partial charge in [0.2, 0.25) is 0 Å². The van der Waals surface area contributed by atoms with Crippen molar-refractivity contribution in [3.05, 3.63) is 35.4 Å². The molecule has 0 unspecified atom stereocenters. The van der Waals surface area contributed by atoms with Crippen LogP contribution in [-0.2, 0) is 0 Å². The maximum absolute atomic E-state index is 8.71. The molecule has 0 saturated heterocycles. The van der Waals surface area contributed by atoms with E-state index >= 15 is 0 Å². The van der Waals surface area contributed by atoms with Crippen LogP contribution in [0, 0.1) is 6.92 Å². The van der Waals surface area contributed by atoms with Crippen molar-refractivity contribution < 1.29 is 5.11 Å². The second-order valence-electron chi connectivity index (χ2n) is 2.98. The zero-order valence-corrected chi connectivity index (χ0v) is 7.33. The summed E-state index contributed by atoms with van der Waals surface area (Å²) in [4.78, 5) is 0. The third-order valence-electron chi connectivity index (χ3n) is 2.03. The largest absolute Gasteiger partial charge is 0.396 e. The van der Waals surface area contributed by atoms with Crippen LogP contribution >= 0.6 is 0 Å². The molecule has 66 valence electrons. The summed E-state index contributed by atoms with van der Waals surface area (Å²) in [6.07, 6.45) is 0.630. The lowest BCUT2D eigenvalue weighted by atomic mass is 10.0. The SMILES string of the molecule is Cc1ccccc1[C@H](N)CCO. The van der Waals surface area contributed by atoms with Gasteiger partial charge in [-0.3, -0.25) is 0 Å². The Morgan fingerprint density at radius 2 is 2.08 bits per heavy atom. The minimum atomic E-state index is -0.0313. The van der Waals surface area contributed by atoms with Crippen LogP contribution in [0.5, 0.6) is 0 Å². The van der Waals surface area contributed by atoms with Crippen LogP contribution in [0.15, 0.2) is 24.3 Å². The molecule has 2 nitrogen and oxygen atoms in total. The fourth-order valence-electron chi connectivity index (χ4n) is 1.30. The molecule has 0 aliphatic rings. The highest BCUT2D eigenvalue weighted by atomic mass is 16.3. The van der Waals surface area contributed by atoms with Crippen LogP contribution in [0.2, 0.25) is 0 Å². The average molecular weight is 165 g/mol. The number of benzene rings is 1. The second kappa shape index (κ2) is 4.24. The van der Waals surface area contributed by atoms with Gasteiger partial charge in [-0.25, -0.2) is 0 Å². The third-order valence-corrected chi connectivity index (χ3v) is 2.03. The van der Waals surface area contributed by atoms with Gasteiger partial charge in [0.25, 0.3) is 0 Å². The van der Waals surface area contributed by atoms with E-state index < -0.39 is 0 Å². The first kappa shape index (κ1) is 9.23. The van der Waals surface area contributed by atoms with Gasteiger partial charge in [0.15, 0.2) is 0 Å². The van der Waals surface area contributed by atoms with Crippen LogP contribution in [0.3, 0.4) is 0 Å². The molecule has 0 heterocycles. The molecule has 0 fully saturated rings. The van der Waals surface area contributed by atoms with E-state index in [2.05, 4.69) is 0 Å². The van der Waals surface area contributed by atoms with Crippen molar-refractivity contribution in [3.63, 3.8) is 0 Å². The average Bonchev–Trinajstić information content (AvgIpc) is 2.05. The van der Waals surface area contributed by atoms with E-state index in [1.165, 1.54) is 5.56 Å². The van der Waals surface area contributed by atoms with Gasteiger partial charge < -0.3 is 10.8 Å². The molecule has 1 rings (SSSR count). The number of aliphatic hydroxyl groups excluding tert-OH is 1. The molecule has 0 bridgehead atoms. The summed E-state index contributed by atoms with van der Waals surface area (Å²) < 4.78 is 0. The van der Waals surface area contributed by atoms with Crippen molar-refractivity contribution in [2.45, 2.75) is 19.4 Å². The molecule has 0 aliphatic carbocycles. The van der Waals surface area contributed by atoms with Crippen molar-refractivity contribution in [2.75, 3.05) is 6.61 Å². The first-order valence-electron chi connectivity index (χ1n) is 4.17. The van der Waals surface area contributed by atoms with E-state index in [0.29, 0.717) is 6.42 Å². The lowest BCUT2D eigenvalue weighted by Gasteiger charge is -2.12. The van der Waals surface area contributed by atoms with E-state index in [1.807, 2.05) is 31.2 Å². The number of hydrogen-bond acceptors (Lipinski definition) is 2. The first-order chi connectivity index (χ1) is 5.75. The fraction of sp³-hybridized carbons (Fsp3) is 0.400. The van der Waals surface area contributed by atoms with E-state index in [9.17, 15) is 0 Å². The number of rotatable bonds is 3. The molecule has 0 amide bonds. The Balaban J connectivity index is 2.79. The van der Waals surface area contributed by atoms with Gasteiger partial charge in [-0.2, -0.15) is 0 Å². The third kappa shape index (κ3) is 2.06. The lowest BCUT2D eigenvalue weighted by molar-refractivity contribution is 0.276. The molecule has 12 heavy (non-hydrogen) atoms. The first-order valence-corrected chi connectivity index (χ1v) is 4.17. The monoisotopic (exact) mass is 165 g/mol. The summed E-state index contributed by atoms with van der Waals surface area (Å²) in [5, 5.41) is 8.71. The number of nitrogens with two attached hydrogens (primary N) is 1. The summed E-state index contributed by atoms with van der Waals surface area (Å²) in [5.74, 6) is 0. The standard InChI is InChI=1S/C10H15NO/c1-8-4-2-3-5-9(8)10(11)6-7-12/h2-5,10,12H,6-7,11H2,1H3/t10-/m1/s1. The molecule has 3 N–H and O–H groups in total. The van der Waals surface area contributed by atoms with Gasteiger partial charge >= 0.3 is 0 Å². The highest BCUT2D eigenvalue weighted by Crippen LogP contribution is 2.17. The normalized spacial score (nSPS) is 12.9. The highest BCUT2D eigenvalue weighted by Gasteiger charge is 2.06. The summed E-state index contributed by atoms with van der Waals surface area (Å²) in [6, 6.07) is 7.97. The van der Waals surface area contributed by atoms with Crippen molar-refractivity contribution in [1.29, 1.82) is 0 Å². The van der Waals surface area contributed by atoms with E-state index in [0.717, 1.165) is 5.56 Å². The van der Waals surface area contributed by atoms with Gasteiger partial charge in [0, 0.05) is 12.6 Å². The Hall–Kier alpha value is -0.860. The van der Waals surface area contributed by atoms with Gasteiger partial charge in [-0.15, -0.1) is 0 Å². The fourth-order valence-corrected chi connectivity index (χ4v) is 1.30. The molecule has 0 aliphatic heterocycles. The van der Waals surface area contributed by atoms with Crippen LogP contribution in [0.4, 0.5) is 0 Å². The Morgan fingerprint density at radius 1 is 1.42 bits per heavy atom. The zero-order chi connectivity index (χ0) is 8.97. The highest BCUT2D eigenvalue weighted by molar-refractivity contribution is 5.28. The van der Waals surface area contributed by atoms with Gasteiger partial charge in [-0.1, -0.05) is 24.3 Å². The van der Waals surface area contributed by atoms with E-state index in [1.54, 1.807) is 0 Å². The number of aryl methyl sites for hydroxylation is 1. The molecule has 0 radical (unpaired) electrons. The quantitative estimate of drug-likeness (QED) is 0.710.